The van der Waals surface area contributed by atoms with Crippen molar-refractivity contribution >= 4 is 29.4 Å². The lowest BCUT2D eigenvalue weighted by atomic mass is 10.2. The fourth-order valence-corrected chi connectivity index (χ4v) is 2.82. The number of nitro groups is 1. The number of non-ortho nitro benzene ring substituents is 1. The number of nitro benzene ring substituents is 1. The summed E-state index contributed by atoms with van der Waals surface area (Å²) in [6.45, 7) is 1.99. The van der Waals surface area contributed by atoms with Gasteiger partial charge in [-0.25, -0.2) is 5.43 Å². The average Bonchev–Trinajstić information content (AvgIpc) is 2.84. The van der Waals surface area contributed by atoms with E-state index in [-0.39, 0.29) is 23.8 Å². The van der Waals surface area contributed by atoms with Gasteiger partial charge in [-0.05, 0) is 55.0 Å². The molecule has 3 rings (SSSR count). The Morgan fingerprint density at radius 3 is 2.41 bits per heavy atom. The van der Waals surface area contributed by atoms with Gasteiger partial charge >= 0.3 is 0 Å². The van der Waals surface area contributed by atoms with Crippen LogP contribution in [-0.2, 0) is 4.79 Å². The molecule has 0 aliphatic rings. The van der Waals surface area contributed by atoms with E-state index in [1.54, 1.807) is 30.3 Å². The molecule has 0 aliphatic carbocycles. The van der Waals surface area contributed by atoms with Gasteiger partial charge in [0.1, 0.15) is 0 Å². The van der Waals surface area contributed by atoms with Crippen molar-refractivity contribution in [1.29, 1.82) is 0 Å². The number of nitrogens with one attached hydrogen (secondary N) is 2. The molecule has 0 aliphatic heterocycles. The molecule has 3 aromatic rings. The highest BCUT2D eigenvalue weighted by molar-refractivity contribution is 5.95. The summed E-state index contributed by atoms with van der Waals surface area (Å²) in [6, 6.07) is 19.2. The lowest BCUT2D eigenvalue weighted by molar-refractivity contribution is -0.384. The van der Waals surface area contributed by atoms with Crippen molar-refractivity contribution in [2.45, 2.75) is 6.92 Å². The van der Waals surface area contributed by atoms with E-state index in [4.69, 9.17) is 9.47 Å². The normalized spacial score (nSPS) is 10.5. The molecule has 2 N–H and O–H groups in total. The van der Waals surface area contributed by atoms with E-state index >= 15 is 0 Å². The number of nitrogens with zero attached hydrogens (tertiary/aromatic N) is 2. The highest BCUT2D eigenvalue weighted by atomic mass is 16.6. The van der Waals surface area contributed by atoms with Crippen LogP contribution in [0.2, 0.25) is 0 Å². The molecule has 10 heteroatoms. The van der Waals surface area contributed by atoms with Crippen molar-refractivity contribution in [1.82, 2.24) is 5.43 Å². The smallest absolute Gasteiger partial charge is 0.271 e. The molecular formula is C24H22N4O6. The van der Waals surface area contributed by atoms with Gasteiger partial charge in [0.15, 0.2) is 18.1 Å². The maximum Gasteiger partial charge on any atom is 0.271 e. The standard InChI is InChI=1S/C24H22N4O6/c1-2-33-22-14-17(15-25-27-24(30)18-9-11-20(12-10-18)28(31)32)8-13-21(22)34-16-23(29)26-19-6-4-3-5-7-19/h3-15H,2,16H2,1H3,(H,26,29)(H,27,30)/b25-15+. The number of hydrazone groups is 1. The molecular weight excluding hydrogens is 440 g/mol. The van der Waals surface area contributed by atoms with Crippen LogP contribution >= 0.6 is 0 Å². The highest BCUT2D eigenvalue weighted by Gasteiger charge is 2.10. The van der Waals surface area contributed by atoms with Gasteiger partial charge in [-0.15, -0.1) is 0 Å². The Bertz CT molecular complexity index is 1180. The third kappa shape index (κ3) is 6.89. The fourth-order valence-electron chi connectivity index (χ4n) is 2.82. The van der Waals surface area contributed by atoms with Gasteiger partial charge in [-0.1, -0.05) is 18.2 Å². The summed E-state index contributed by atoms with van der Waals surface area (Å²) in [6.07, 6.45) is 1.41. The highest BCUT2D eigenvalue weighted by Crippen LogP contribution is 2.28. The molecule has 34 heavy (non-hydrogen) atoms. The largest absolute Gasteiger partial charge is 0.490 e. The first kappa shape index (κ1) is 23.9. The fraction of sp³-hybridized carbons (Fsp3) is 0.125. The third-order valence-electron chi connectivity index (χ3n) is 4.40. The Hall–Kier alpha value is -4.73. The van der Waals surface area contributed by atoms with Gasteiger partial charge in [0.25, 0.3) is 17.5 Å². The number of anilines is 1. The number of ether oxygens (including phenoxy) is 2. The lowest BCUT2D eigenvalue weighted by Crippen LogP contribution is -2.20. The summed E-state index contributed by atoms with van der Waals surface area (Å²) in [7, 11) is 0. The molecule has 2 amide bonds. The van der Waals surface area contributed by atoms with Crippen molar-refractivity contribution in [3.63, 3.8) is 0 Å². The summed E-state index contributed by atoms with van der Waals surface area (Å²) < 4.78 is 11.2. The second-order valence-corrected chi connectivity index (χ2v) is 6.85. The van der Waals surface area contributed by atoms with E-state index in [0.29, 0.717) is 29.4 Å². The number of benzene rings is 3. The summed E-state index contributed by atoms with van der Waals surface area (Å²) in [4.78, 5) is 34.4. The van der Waals surface area contributed by atoms with Gasteiger partial charge < -0.3 is 14.8 Å². The molecule has 174 valence electrons. The van der Waals surface area contributed by atoms with Crippen molar-refractivity contribution < 1.29 is 24.0 Å². The molecule has 0 bridgehead atoms. The van der Waals surface area contributed by atoms with Crippen LogP contribution < -0.4 is 20.2 Å². The molecule has 0 radical (unpaired) electrons. The first-order valence-corrected chi connectivity index (χ1v) is 10.3. The van der Waals surface area contributed by atoms with E-state index in [2.05, 4.69) is 15.8 Å². The minimum Gasteiger partial charge on any atom is -0.490 e. The second-order valence-electron chi connectivity index (χ2n) is 6.85. The topological polar surface area (TPSA) is 132 Å². The summed E-state index contributed by atoms with van der Waals surface area (Å²) >= 11 is 0. The van der Waals surface area contributed by atoms with Crippen molar-refractivity contribution in [3.8, 4) is 11.5 Å². The number of amides is 2. The molecule has 3 aromatic carbocycles. The Morgan fingerprint density at radius 1 is 1.00 bits per heavy atom. The minimum absolute atomic E-state index is 0.108. The molecule has 0 unspecified atom stereocenters. The zero-order valence-electron chi connectivity index (χ0n) is 18.3. The van der Waals surface area contributed by atoms with E-state index in [9.17, 15) is 19.7 Å². The average molecular weight is 462 g/mol. The third-order valence-corrected chi connectivity index (χ3v) is 4.40. The number of carbonyl (C=O) groups excluding carboxylic acids is 2. The molecule has 10 nitrogen and oxygen atoms in total. The summed E-state index contributed by atoms with van der Waals surface area (Å²) in [5.74, 6) is -0.0217. The predicted molar refractivity (Wildman–Crippen MR) is 126 cm³/mol. The van der Waals surface area contributed by atoms with E-state index in [0.717, 1.165) is 0 Å². The summed E-state index contributed by atoms with van der Waals surface area (Å²) in [5, 5.41) is 17.3. The van der Waals surface area contributed by atoms with Crippen molar-refractivity contribution in [3.05, 3.63) is 94.0 Å². The van der Waals surface area contributed by atoms with Gasteiger partial charge in [0.05, 0.1) is 17.7 Å². The van der Waals surface area contributed by atoms with E-state index < -0.39 is 10.8 Å². The number of hydrogen-bond donors (Lipinski definition) is 2. The number of rotatable bonds is 10. The Kier molecular flexibility index (Phi) is 8.28. The molecule has 0 aromatic heterocycles. The molecule has 0 fully saturated rings. The molecule has 0 heterocycles. The monoisotopic (exact) mass is 462 g/mol. The van der Waals surface area contributed by atoms with Crippen LogP contribution in [0.25, 0.3) is 0 Å². The molecule has 0 atom stereocenters. The first-order chi connectivity index (χ1) is 16.5. The van der Waals surface area contributed by atoms with Gasteiger partial charge in [-0.3, -0.25) is 19.7 Å². The quantitative estimate of drug-likeness (QED) is 0.268. The molecule has 0 saturated carbocycles. The lowest BCUT2D eigenvalue weighted by Gasteiger charge is -2.12. The summed E-state index contributed by atoms with van der Waals surface area (Å²) in [5.41, 5.74) is 3.77. The van der Waals surface area contributed by atoms with Crippen LogP contribution in [0.1, 0.15) is 22.8 Å². The Labute approximate surface area is 195 Å². The maximum atomic E-state index is 12.1. The van der Waals surface area contributed by atoms with Crippen LogP contribution in [0, 0.1) is 10.1 Å². The number of carbonyl (C=O) groups is 2. The zero-order chi connectivity index (χ0) is 24.3. The number of hydrogen-bond acceptors (Lipinski definition) is 7. The second kappa shape index (κ2) is 11.8. The van der Waals surface area contributed by atoms with Crippen molar-refractivity contribution in [2.24, 2.45) is 5.10 Å². The van der Waals surface area contributed by atoms with E-state index in [1.165, 1.54) is 30.5 Å². The number of para-hydroxylation sites is 1. The Balaban J connectivity index is 1.59. The minimum atomic E-state index is -0.543. The van der Waals surface area contributed by atoms with Crippen LogP contribution in [0.4, 0.5) is 11.4 Å². The Morgan fingerprint density at radius 2 is 1.74 bits per heavy atom. The van der Waals surface area contributed by atoms with Crippen LogP contribution in [0.15, 0.2) is 77.9 Å². The molecule has 0 saturated heterocycles. The van der Waals surface area contributed by atoms with Crippen LogP contribution in [-0.4, -0.2) is 36.2 Å². The van der Waals surface area contributed by atoms with Crippen LogP contribution in [0.5, 0.6) is 11.5 Å². The first-order valence-electron chi connectivity index (χ1n) is 10.3. The maximum absolute atomic E-state index is 12.1. The molecule has 0 spiro atoms. The van der Waals surface area contributed by atoms with Gasteiger partial charge in [-0.2, -0.15) is 5.10 Å². The SMILES string of the molecule is CCOc1cc(/C=N/NC(=O)c2ccc([N+](=O)[O-])cc2)ccc1OCC(=O)Nc1ccccc1. The predicted octanol–water partition coefficient (Wildman–Crippen LogP) is 3.77. The van der Waals surface area contributed by atoms with Gasteiger partial charge in [0.2, 0.25) is 0 Å². The van der Waals surface area contributed by atoms with Crippen molar-refractivity contribution in [2.75, 3.05) is 18.5 Å². The zero-order valence-corrected chi connectivity index (χ0v) is 18.3. The van der Waals surface area contributed by atoms with E-state index in [1.807, 2.05) is 25.1 Å². The van der Waals surface area contributed by atoms with Crippen LogP contribution in [0.3, 0.4) is 0 Å². The van der Waals surface area contributed by atoms with Gasteiger partial charge in [0, 0.05) is 23.4 Å².